The third kappa shape index (κ3) is 6.08. The van der Waals surface area contributed by atoms with Gasteiger partial charge < -0.3 is 9.64 Å². The standard InChI is InChI=1S/C56H52BNO/c1-54(2,3)37-24-28-47-45(30-37)57-46-31-38(55(4,5)6)25-29-49(46)59-50-33-39(56(7,8)9)32-48(53(50)57)58(47)40-26-27-43-44(34-40)52(36-20-14-11-15-21-36)42-23-17-16-22-41(42)51(43)35-18-12-10-13-19-35/h10-34H,1-9H3. The van der Waals surface area contributed by atoms with Gasteiger partial charge in [-0.05, 0) is 130 Å². The zero-order valence-electron chi connectivity index (χ0n) is 35.9. The fraction of sp³-hybridized carbons (Fsp3) is 0.214. The Morgan fingerprint density at radius 1 is 0.407 bits per heavy atom. The maximum atomic E-state index is 7.06. The normalized spacial score (nSPS) is 13.6. The Morgan fingerprint density at radius 3 is 1.53 bits per heavy atom. The third-order valence-electron chi connectivity index (χ3n) is 12.8. The summed E-state index contributed by atoms with van der Waals surface area (Å²) in [6.07, 6.45) is 0. The van der Waals surface area contributed by atoms with Crippen LogP contribution in [0.2, 0.25) is 0 Å². The number of hydrogen-bond acceptors (Lipinski definition) is 2. The van der Waals surface area contributed by atoms with Crippen molar-refractivity contribution in [1.82, 2.24) is 0 Å². The SMILES string of the molecule is CC(C)(C)c1ccc2c(c1)B1c3cc(C(C)(C)C)ccc3N(c3ccc4c(-c5ccccc5)c5ccccc5c(-c5ccccc5)c4c3)c3cc(C(C)(C)C)cc(c31)O2. The molecule has 0 fully saturated rings. The molecule has 0 spiro atoms. The lowest BCUT2D eigenvalue weighted by Gasteiger charge is -2.42. The van der Waals surface area contributed by atoms with Gasteiger partial charge >= 0.3 is 0 Å². The Bertz CT molecular complexity index is 2960. The first-order valence-corrected chi connectivity index (χ1v) is 21.2. The summed E-state index contributed by atoms with van der Waals surface area (Å²) in [5, 5.41) is 4.99. The van der Waals surface area contributed by atoms with Crippen molar-refractivity contribution in [3.8, 4) is 33.8 Å². The van der Waals surface area contributed by atoms with Crippen molar-refractivity contribution < 1.29 is 4.74 Å². The van der Waals surface area contributed by atoms with Crippen LogP contribution < -0.4 is 26.0 Å². The minimum atomic E-state index is -0.101. The molecule has 0 bridgehead atoms. The van der Waals surface area contributed by atoms with E-state index in [1.54, 1.807) is 0 Å². The first-order valence-electron chi connectivity index (χ1n) is 21.2. The van der Waals surface area contributed by atoms with E-state index in [1.807, 2.05) is 0 Å². The van der Waals surface area contributed by atoms with Gasteiger partial charge in [-0.2, -0.15) is 0 Å². The van der Waals surface area contributed by atoms with Crippen LogP contribution >= 0.6 is 0 Å². The Morgan fingerprint density at radius 2 is 0.932 bits per heavy atom. The summed E-state index contributed by atoms with van der Waals surface area (Å²) >= 11 is 0. The van der Waals surface area contributed by atoms with E-state index in [2.05, 4.69) is 219 Å². The van der Waals surface area contributed by atoms with Crippen molar-refractivity contribution in [3.63, 3.8) is 0 Å². The van der Waals surface area contributed by atoms with Crippen LogP contribution in [0.25, 0.3) is 43.8 Å². The maximum Gasteiger partial charge on any atom is 0.256 e. The van der Waals surface area contributed by atoms with E-state index in [9.17, 15) is 0 Å². The quantitative estimate of drug-likeness (QED) is 0.131. The van der Waals surface area contributed by atoms with Crippen LogP contribution in [0.3, 0.4) is 0 Å². The molecule has 0 radical (unpaired) electrons. The average molecular weight is 766 g/mol. The molecule has 8 aromatic rings. The number of ether oxygens (including phenoxy) is 1. The topological polar surface area (TPSA) is 12.5 Å². The highest BCUT2D eigenvalue weighted by molar-refractivity contribution is 6.99. The van der Waals surface area contributed by atoms with Crippen LogP contribution in [0.4, 0.5) is 17.1 Å². The Hall–Kier alpha value is -6.06. The molecule has 0 saturated carbocycles. The van der Waals surface area contributed by atoms with Crippen LogP contribution in [-0.4, -0.2) is 6.71 Å². The summed E-state index contributed by atoms with van der Waals surface area (Å²) < 4.78 is 7.06. The van der Waals surface area contributed by atoms with Crippen molar-refractivity contribution >= 4 is 61.7 Å². The van der Waals surface area contributed by atoms with E-state index in [4.69, 9.17) is 4.74 Å². The highest BCUT2D eigenvalue weighted by Gasteiger charge is 2.43. The molecule has 0 atom stereocenters. The van der Waals surface area contributed by atoms with Gasteiger partial charge in [-0.3, -0.25) is 0 Å². The number of nitrogens with zero attached hydrogens (tertiary/aromatic N) is 1. The number of hydrogen-bond donors (Lipinski definition) is 0. The minimum absolute atomic E-state index is 0.00461. The van der Waals surface area contributed by atoms with Gasteiger partial charge in [0.05, 0.1) is 0 Å². The minimum Gasteiger partial charge on any atom is -0.458 e. The van der Waals surface area contributed by atoms with Gasteiger partial charge in [0.2, 0.25) is 0 Å². The smallest absolute Gasteiger partial charge is 0.256 e. The predicted octanol–water partition coefficient (Wildman–Crippen LogP) is 13.6. The van der Waals surface area contributed by atoms with Gasteiger partial charge in [-0.15, -0.1) is 0 Å². The van der Waals surface area contributed by atoms with Crippen LogP contribution in [0, 0.1) is 0 Å². The van der Waals surface area contributed by atoms with Gasteiger partial charge in [-0.25, -0.2) is 0 Å². The molecule has 10 rings (SSSR count). The zero-order valence-corrected chi connectivity index (χ0v) is 35.9. The summed E-state index contributed by atoms with van der Waals surface area (Å²) in [6, 6.07) is 56.9. The monoisotopic (exact) mass is 765 g/mol. The van der Waals surface area contributed by atoms with Crippen molar-refractivity contribution in [3.05, 3.63) is 168 Å². The lowest BCUT2D eigenvalue weighted by molar-refractivity contribution is 0.482. The molecule has 0 unspecified atom stereocenters. The van der Waals surface area contributed by atoms with Gasteiger partial charge in [0, 0.05) is 17.1 Å². The molecule has 0 N–H and O–H groups in total. The highest BCUT2D eigenvalue weighted by atomic mass is 16.5. The molecule has 0 aliphatic carbocycles. The largest absolute Gasteiger partial charge is 0.458 e. The van der Waals surface area contributed by atoms with Crippen molar-refractivity contribution in [2.24, 2.45) is 0 Å². The molecule has 0 amide bonds. The molecule has 8 aromatic carbocycles. The first-order chi connectivity index (χ1) is 28.2. The van der Waals surface area contributed by atoms with Crippen molar-refractivity contribution in [2.75, 3.05) is 4.90 Å². The van der Waals surface area contributed by atoms with Gasteiger partial charge in [0.15, 0.2) is 0 Å². The first kappa shape index (κ1) is 37.2. The molecule has 0 aromatic heterocycles. The molecule has 2 heterocycles. The number of fused-ring (bicyclic) bond motifs is 6. The molecule has 2 nitrogen and oxygen atoms in total. The van der Waals surface area contributed by atoms with Gasteiger partial charge in [0.25, 0.3) is 6.71 Å². The Kier molecular flexibility index (Phi) is 8.35. The van der Waals surface area contributed by atoms with E-state index in [-0.39, 0.29) is 23.0 Å². The van der Waals surface area contributed by atoms with Crippen molar-refractivity contribution in [2.45, 2.75) is 78.6 Å². The molecule has 2 aliphatic heterocycles. The zero-order chi connectivity index (χ0) is 41.0. The molecular formula is C56H52BNO. The second-order valence-corrected chi connectivity index (χ2v) is 19.8. The van der Waals surface area contributed by atoms with E-state index < -0.39 is 0 Å². The molecule has 290 valence electrons. The number of anilines is 3. The van der Waals surface area contributed by atoms with Crippen LogP contribution in [-0.2, 0) is 16.2 Å². The predicted molar refractivity (Wildman–Crippen MR) is 254 cm³/mol. The molecule has 3 heteroatoms. The summed E-state index contributed by atoms with van der Waals surface area (Å²) in [5.74, 6) is 1.90. The fourth-order valence-corrected chi connectivity index (χ4v) is 9.54. The third-order valence-corrected chi connectivity index (χ3v) is 12.8. The lowest BCUT2D eigenvalue weighted by Crippen LogP contribution is -2.60. The molecule has 2 aliphatic rings. The lowest BCUT2D eigenvalue weighted by atomic mass is 9.33. The highest BCUT2D eigenvalue weighted by Crippen LogP contribution is 2.48. The number of rotatable bonds is 3. The Balaban J connectivity index is 1.32. The van der Waals surface area contributed by atoms with E-state index in [1.165, 1.54) is 88.3 Å². The molecule has 0 saturated heterocycles. The van der Waals surface area contributed by atoms with Crippen LogP contribution in [0.15, 0.2) is 152 Å². The van der Waals surface area contributed by atoms with E-state index in [0.29, 0.717) is 0 Å². The van der Waals surface area contributed by atoms with E-state index >= 15 is 0 Å². The summed E-state index contributed by atoms with van der Waals surface area (Å²) in [6.45, 7) is 20.8. The summed E-state index contributed by atoms with van der Waals surface area (Å²) in [5.41, 5.74) is 16.1. The Labute approximate surface area is 350 Å². The summed E-state index contributed by atoms with van der Waals surface area (Å²) in [7, 11) is 0. The van der Waals surface area contributed by atoms with Gasteiger partial charge in [0.1, 0.15) is 11.5 Å². The van der Waals surface area contributed by atoms with Crippen LogP contribution in [0.5, 0.6) is 11.5 Å². The number of benzene rings is 8. The fourth-order valence-electron chi connectivity index (χ4n) is 9.54. The van der Waals surface area contributed by atoms with Gasteiger partial charge in [-0.1, -0.05) is 178 Å². The maximum absolute atomic E-state index is 7.06. The second-order valence-electron chi connectivity index (χ2n) is 19.8. The van der Waals surface area contributed by atoms with E-state index in [0.717, 1.165) is 17.2 Å². The van der Waals surface area contributed by atoms with Crippen molar-refractivity contribution in [1.29, 1.82) is 0 Å². The average Bonchev–Trinajstić information content (AvgIpc) is 3.21. The summed E-state index contributed by atoms with van der Waals surface area (Å²) in [4.78, 5) is 2.54. The van der Waals surface area contributed by atoms with Crippen LogP contribution in [0.1, 0.15) is 79.0 Å². The molecular weight excluding hydrogens is 713 g/mol. The second kappa shape index (κ2) is 13.2. The molecule has 59 heavy (non-hydrogen) atoms.